The summed E-state index contributed by atoms with van der Waals surface area (Å²) >= 11 is 0. The van der Waals surface area contributed by atoms with Crippen molar-refractivity contribution in [2.75, 3.05) is 24.7 Å². The van der Waals surface area contributed by atoms with Gasteiger partial charge in [-0.25, -0.2) is 26.4 Å². The minimum atomic E-state index is -3.90. The van der Waals surface area contributed by atoms with Crippen LogP contribution in [0.15, 0.2) is 58.3 Å². The summed E-state index contributed by atoms with van der Waals surface area (Å²) in [6, 6.07) is 11.0. The first-order chi connectivity index (χ1) is 15.2. The molecule has 0 spiro atoms. The number of sulfone groups is 1. The Bertz CT molecular complexity index is 1220. The van der Waals surface area contributed by atoms with E-state index in [-0.39, 0.29) is 34.1 Å². The molecule has 0 aliphatic rings. The van der Waals surface area contributed by atoms with E-state index in [1.165, 1.54) is 48.5 Å². The molecule has 12 heteroatoms. The molecule has 0 unspecified atom stereocenters. The number of rotatable bonds is 8. The quantitative estimate of drug-likeness (QED) is 0.473. The number of nitrogens with one attached hydrogen (secondary N) is 3. The van der Waals surface area contributed by atoms with Gasteiger partial charge in [0.15, 0.2) is 9.84 Å². The van der Waals surface area contributed by atoms with Gasteiger partial charge in [0.25, 0.3) is 5.91 Å². The van der Waals surface area contributed by atoms with E-state index in [0.717, 1.165) is 6.26 Å². The standard InChI is InChI=1S/C21H27N3O7S2/c1-21(2,3)31-20(26)22-12-13-23-33(29,30)18-7-5-6-16(14-18)24-19(25)15-8-10-17(11-9-15)32(4,27)28/h5-11,14,23H,12-13H2,1-4H3,(H,22,26)(H,24,25). The zero-order valence-corrected chi connectivity index (χ0v) is 20.3. The van der Waals surface area contributed by atoms with Gasteiger partial charge in [0.05, 0.1) is 9.79 Å². The van der Waals surface area contributed by atoms with E-state index in [2.05, 4.69) is 15.4 Å². The maximum absolute atomic E-state index is 12.5. The molecule has 0 saturated carbocycles. The van der Waals surface area contributed by atoms with Crippen molar-refractivity contribution in [3.8, 4) is 0 Å². The van der Waals surface area contributed by atoms with Gasteiger partial charge in [0.1, 0.15) is 5.60 Å². The molecule has 2 aromatic carbocycles. The second-order valence-electron chi connectivity index (χ2n) is 8.10. The predicted molar refractivity (Wildman–Crippen MR) is 123 cm³/mol. The summed E-state index contributed by atoms with van der Waals surface area (Å²) in [6.07, 6.45) is 0.409. The molecule has 2 amide bonds. The number of sulfonamides is 1. The van der Waals surface area contributed by atoms with E-state index in [4.69, 9.17) is 4.74 Å². The van der Waals surface area contributed by atoms with Crippen molar-refractivity contribution >= 4 is 37.5 Å². The lowest BCUT2D eigenvalue weighted by Crippen LogP contribution is -2.37. The van der Waals surface area contributed by atoms with Crippen LogP contribution >= 0.6 is 0 Å². The highest BCUT2D eigenvalue weighted by atomic mass is 32.2. The van der Waals surface area contributed by atoms with E-state index >= 15 is 0 Å². The minimum absolute atomic E-state index is 0.0219. The molecule has 0 radical (unpaired) electrons. The third-order valence-electron chi connectivity index (χ3n) is 4.03. The summed E-state index contributed by atoms with van der Waals surface area (Å²) in [7, 11) is -7.28. The lowest BCUT2D eigenvalue weighted by molar-refractivity contribution is 0.0528. The van der Waals surface area contributed by atoms with Crippen LogP contribution in [0.25, 0.3) is 0 Å². The monoisotopic (exact) mass is 497 g/mol. The summed E-state index contributed by atoms with van der Waals surface area (Å²) in [5, 5.41) is 5.03. The molecule has 180 valence electrons. The van der Waals surface area contributed by atoms with Crippen LogP contribution in [-0.2, 0) is 24.6 Å². The van der Waals surface area contributed by atoms with Crippen LogP contribution in [0, 0.1) is 0 Å². The molecule has 10 nitrogen and oxygen atoms in total. The van der Waals surface area contributed by atoms with Crippen LogP contribution in [-0.4, -0.2) is 53.8 Å². The van der Waals surface area contributed by atoms with E-state index in [9.17, 15) is 26.4 Å². The number of anilines is 1. The Balaban J connectivity index is 1.98. The van der Waals surface area contributed by atoms with Crippen LogP contribution < -0.4 is 15.4 Å². The van der Waals surface area contributed by atoms with E-state index in [1.807, 2.05) is 0 Å². The fourth-order valence-electron chi connectivity index (χ4n) is 2.55. The number of ether oxygens (including phenoxy) is 1. The summed E-state index contributed by atoms with van der Waals surface area (Å²) in [5.74, 6) is -0.529. The van der Waals surface area contributed by atoms with Crippen LogP contribution in [0.3, 0.4) is 0 Å². The molecule has 0 heterocycles. The number of carbonyl (C=O) groups is 2. The lowest BCUT2D eigenvalue weighted by Gasteiger charge is -2.19. The third kappa shape index (κ3) is 8.48. The Morgan fingerprint density at radius 2 is 1.55 bits per heavy atom. The van der Waals surface area contributed by atoms with E-state index < -0.39 is 37.5 Å². The van der Waals surface area contributed by atoms with Gasteiger partial charge in [-0.1, -0.05) is 6.07 Å². The first-order valence-electron chi connectivity index (χ1n) is 9.85. The van der Waals surface area contributed by atoms with E-state index in [0.29, 0.717) is 0 Å². The van der Waals surface area contributed by atoms with Crippen molar-refractivity contribution in [2.24, 2.45) is 0 Å². The van der Waals surface area contributed by atoms with Crippen molar-refractivity contribution < 1.29 is 31.2 Å². The van der Waals surface area contributed by atoms with Gasteiger partial charge >= 0.3 is 6.09 Å². The molecule has 0 bridgehead atoms. The van der Waals surface area contributed by atoms with Crippen LogP contribution in [0.5, 0.6) is 0 Å². The molecule has 0 aliphatic heterocycles. The second-order valence-corrected chi connectivity index (χ2v) is 11.9. The number of hydrogen-bond donors (Lipinski definition) is 3. The molecular weight excluding hydrogens is 470 g/mol. The van der Waals surface area contributed by atoms with Gasteiger partial charge in [-0.05, 0) is 63.2 Å². The van der Waals surface area contributed by atoms with Crippen LogP contribution in [0.1, 0.15) is 31.1 Å². The van der Waals surface area contributed by atoms with Crippen molar-refractivity contribution in [2.45, 2.75) is 36.2 Å². The first-order valence-corrected chi connectivity index (χ1v) is 13.2. The first kappa shape index (κ1) is 26.3. The van der Waals surface area contributed by atoms with Gasteiger partial charge < -0.3 is 15.4 Å². The molecule has 0 atom stereocenters. The molecule has 33 heavy (non-hydrogen) atoms. The summed E-state index contributed by atoms with van der Waals surface area (Å²) in [5.41, 5.74) is -0.214. The topological polar surface area (TPSA) is 148 Å². The van der Waals surface area contributed by atoms with Gasteiger partial charge in [-0.3, -0.25) is 4.79 Å². The van der Waals surface area contributed by atoms with Gasteiger partial charge in [-0.15, -0.1) is 0 Å². The molecule has 2 rings (SSSR count). The Kier molecular flexibility index (Phi) is 8.22. The molecule has 0 aliphatic carbocycles. The fourth-order valence-corrected chi connectivity index (χ4v) is 4.25. The smallest absolute Gasteiger partial charge is 0.407 e. The number of amides is 2. The van der Waals surface area contributed by atoms with Crippen molar-refractivity contribution in [1.29, 1.82) is 0 Å². The van der Waals surface area contributed by atoms with Gasteiger partial charge in [0.2, 0.25) is 10.0 Å². The molecular formula is C21H27N3O7S2. The summed E-state index contributed by atoms with van der Waals surface area (Å²) in [6.45, 7) is 5.10. The van der Waals surface area contributed by atoms with Crippen LogP contribution in [0.2, 0.25) is 0 Å². The maximum Gasteiger partial charge on any atom is 0.407 e. The largest absolute Gasteiger partial charge is 0.444 e. The lowest BCUT2D eigenvalue weighted by atomic mass is 10.2. The number of hydrogen-bond acceptors (Lipinski definition) is 7. The predicted octanol–water partition coefficient (Wildman–Crippen LogP) is 2.15. The Morgan fingerprint density at radius 3 is 2.12 bits per heavy atom. The molecule has 0 saturated heterocycles. The summed E-state index contributed by atoms with van der Waals surface area (Å²) in [4.78, 5) is 24.0. The second kappa shape index (κ2) is 10.3. The Morgan fingerprint density at radius 1 is 0.909 bits per heavy atom. The highest BCUT2D eigenvalue weighted by Crippen LogP contribution is 2.17. The Labute approximate surface area is 193 Å². The van der Waals surface area contributed by atoms with Crippen molar-refractivity contribution in [3.63, 3.8) is 0 Å². The van der Waals surface area contributed by atoms with Crippen molar-refractivity contribution in [3.05, 3.63) is 54.1 Å². The van der Waals surface area contributed by atoms with Crippen molar-refractivity contribution in [1.82, 2.24) is 10.0 Å². The molecule has 0 fully saturated rings. The maximum atomic E-state index is 12.5. The zero-order chi connectivity index (χ0) is 24.9. The normalized spacial score (nSPS) is 12.1. The molecule has 2 aromatic rings. The van der Waals surface area contributed by atoms with E-state index in [1.54, 1.807) is 20.8 Å². The van der Waals surface area contributed by atoms with Crippen LogP contribution in [0.4, 0.5) is 10.5 Å². The van der Waals surface area contributed by atoms with Gasteiger partial charge in [-0.2, -0.15) is 0 Å². The highest BCUT2D eigenvalue weighted by Gasteiger charge is 2.17. The zero-order valence-electron chi connectivity index (χ0n) is 18.7. The number of alkyl carbamates (subject to hydrolysis) is 1. The highest BCUT2D eigenvalue weighted by molar-refractivity contribution is 7.90. The minimum Gasteiger partial charge on any atom is -0.444 e. The third-order valence-corrected chi connectivity index (χ3v) is 6.62. The average molecular weight is 498 g/mol. The Hall–Kier alpha value is -2.96. The van der Waals surface area contributed by atoms with Gasteiger partial charge in [0, 0.05) is 30.6 Å². The molecule has 0 aromatic heterocycles. The fraction of sp³-hybridized carbons (Fsp3) is 0.333. The summed E-state index contributed by atoms with van der Waals surface area (Å²) < 4.78 is 55.5. The number of carbonyl (C=O) groups excluding carboxylic acids is 2. The SMILES string of the molecule is CC(C)(C)OC(=O)NCCNS(=O)(=O)c1cccc(NC(=O)c2ccc(S(C)(=O)=O)cc2)c1. The average Bonchev–Trinajstić information content (AvgIpc) is 2.69. The molecule has 3 N–H and O–H groups in total. The number of benzene rings is 2.